The molecule has 0 radical (unpaired) electrons. The summed E-state index contributed by atoms with van der Waals surface area (Å²) in [4.78, 5) is 0. The summed E-state index contributed by atoms with van der Waals surface area (Å²) in [6.45, 7) is 3.35. The highest BCUT2D eigenvalue weighted by molar-refractivity contribution is 9.10. The van der Waals surface area contributed by atoms with Gasteiger partial charge in [0.15, 0.2) is 0 Å². The minimum Gasteiger partial charge on any atom is -0.488 e. The second kappa shape index (κ2) is 4.75. The molecule has 0 bridgehead atoms. The molecule has 0 amide bonds. The molecule has 4 heteroatoms. The smallest absolute Gasteiger partial charge is 0.141 e. The van der Waals surface area contributed by atoms with Crippen molar-refractivity contribution in [1.82, 2.24) is 0 Å². The van der Waals surface area contributed by atoms with Crippen LogP contribution in [0.5, 0.6) is 5.75 Å². The molecule has 0 fully saturated rings. The Morgan fingerprint density at radius 2 is 2.07 bits per heavy atom. The number of ether oxygens (including phenoxy) is 1. The maximum absolute atomic E-state index is 13.0. The second-order valence-corrected chi connectivity index (χ2v) is 3.99. The van der Waals surface area contributed by atoms with Crippen LogP contribution in [0.15, 0.2) is 22.7 Å². The Labute approximate surface area is 90.8 Å². The van der Waals surface area contributed by atoms with Crippen LogP contribution in [0.25, 0.3) is 0 Å². The highest BCUT2D eigenvalue weighted by atomic mass is 79.9. The molecule has 0 aliphatic rings. The third-order valence-electron chi connectivity index (χ3n) is 1.89. The van der Waals surface area contributed by atoms with E-state index in [0.717, 1.165) is 0 Å². The molecule has 2 nitrogen and oxygen atoms in total. The normalized spacial score (nSPS) is 14.9. The summed E-state index contributed by atoms with van der Waals surface area (Å²) in [6, 6.07) is 4.49. The molecule has 1 N–H and O–H groups in total. The number of aliphatic hydroxyl groups excluding tert-OH is 1. The van der Waals surface area contributed by atoms with E-state index in [9.17, 15) is 9.50 Å². The Hall–Kier alpha value is -0.610. The minimum absolute atomic E-state index is 0.351. The first-order valence-corrected chi connectivity index (χ1v) is 5.10. The average molecular weight is 263 g/mol. The summed E-state index contributed by atoms with van der Waals surface area (Å²) < 4.78 is 18.7. The summed E-state index contributed by atoms with van der Waals surface area (Å²) in [5, 5.41) is 9.18. The highest BCUT2D eigenvalue weighted by Gasteiger charge is 2.11. The van der Waals surface area contributed by atoms with Crippen molar-refractivity contribution in [3.63, 3.8) is 0 Å². The molecule has 14 heavy (non-hydrogen) atoms. The fourth-order valence-corrected chi connectivity index (χ4v) is 1.11. The molecule has 0 aliphatic heterocycles. The number of hydrogen-bond acceptors (Lipinski definition) is 2. The van der Waals surface area contributed by atoms with Crippen LogP contribution in [0.1, 0.15) is 13.8 Å². The Morgan fingerprint density at radius 3 is 2.57 bits per heavy atom. The van der Waals surface area contributed by atoms with Gasteiger partial charge in [0.25, 0.3) is 0 Å². The summed E-state index contributed by atoms with van der Waals surface area (Å²) >= 11 is 3.04. The minimum atomic E-state index is -0.582. The fraction of sp³-hybridized carbons (Fsp3) is 0.400. The summed E-state index contributed by atoms with van der Waals surface area (Å²) in [5.74, 6) is 0.0411. The molecule has 1 aromatic carbocycles. The van der Waals surface area contributed by atoms with Crippen LogP contribution in [-0.2, 0) is 0 Å². The molecule has 0 aliphatic carbocycles. The first kappa shape index (κ1) is 11.5. The topological polar surface area (TPSA) is 29.5 Å². The number of rotatable bonds is 3. The highest BCUT2D eigenvalue weighted by Crippen LogP contribution is 2.22. The van der Waals surface area contributed by atoms with E-state index >= 15 is 0 Å². The largest absolute Gasteiger partial charge is 0.488 e. The van der Waals surface area contributed by atoms with E-state index in [4.69, 9.17) is 4.74 Å². The van der Waals surface area contributed by atoms with Crippen molar-refractivity contribution in [2.24, 2.45) is 0 Å². The van der Waals surface area contributed by atoms with Gasteiger partial charge in [-0.1, -0.05) is 0 Å². The molecule has 1 aromatic rings. The maximum Gasteiger partial charge on any atom is 0.141 e. The van der Waals surface area contributed by atoms with Gasteiger partial charge in [-0.3, -0.25) is 0 Å². The molecular formula is C10H12BrFO2. The lowest BCUT2D eigenvalue weighted by Gasteiger charge is -2.17. The predicted molar refractivity (Wildman–Crippen MR) is 55.9 cm³/mol. The van der Waals surface area contributed by atoms with Crippen LogP contribution in [0.3, 0.4) is 0 Å². The van der Waals surface area contributed by atoms with Crippen molar-refractivity contribution in [3.05, 3.63) is 28.5 Å². The van der Waals surface area contributed by atoms with Crippen LogP contribution in [0.2, 0.25) is 0 Å². The quantitative estimate of drug-likeness (QED) is 0.908. The summed E-state index contributed by atoms with van der Waals surface area (Å²) in [6.07, 6.45) is -0.933. The average Bonchev–Trinajstić information content (AvgIpc) is 2.11. The van der Waals surface area contributed by atoms with E-state index in [1.807, 2.05) is 0 Å². The molecule has 0 spiro atoms. The van der Waals surface area contributed by atoms with E-state index in [1.165, 1.54) is 6.07 Å². The molecule has 0 saturated carbocycles. The zero-order valence-corrected chi connectivity index (χ0v) is 9.58. The van der Waals surface area contributed by atoms with Gasteiger partial charge in [-0.2, -0.15) is 0 Å². The molecule has 2 unspecified atom stereocenters. The van der Waals surface area contributed by atoms with E-state index < -0.39 is 6.10 Å². The van der Waals surface area contributed by atoms with Crippen LogP contribution in [0.4, 0.5) is 4.39 Å². The number of benzene rings is 1. The van der Waals surface area contributed by atoms with E-state index in [0.29, 0.717) is 10.2 Å². The van der Waals surface area contributed by atoms with Gasteiger partial charge in [-0.15, -0.1) is 0 Å². The number of hydrogen-bond donors (Lipinski definition) is 1. The van der Waals surface area contributed by atoms with Gasteiger partial charge >= 0.3 is 0 Å². The maximum atomic E-state index is 13.0. The second-order valence-electron chi connectivity index (χ2n) is 3.14. The van der Waals surface area contributed by atoms with Crippen molar-refractivity contribution < 1.29 is 14.2 Å². The van der Waals surface area contributed by atoms with Gasteiger partial charge in [0, 0.05) is 6.07 Å². The molecular weight excluding hydrogens is 251 g/mol. The van der Waals surface area contributed by atoms with E-state index in [2.05, 4.69) is 15.9 Å². The lowest BCUT2D eigenvalue weighted by molar-refractivity contribution is 0.0602. The van der Waals surface area contributed by atoms with Crippen molar-refractivity contribution in [2.45, 2.75) is 26.1 Å². The van der Waals surface area contributed by atoms with Crippen molar-refractivity contribution in [3.8, 4) is 5.75 Å². The van der Waals surface area contributed by atoms with Crippen molar-refractivity contribution in [2.75, 3.05) is 0 Å². The van der Waals surface area contributed by atoms with E-state index in [1.54, 1.807) is 26.0 Å². The predicted octanol–water partition coefficient (Wildman–Crippen LogP) is 2.74. The third kappa shape index (κ3) is 2.96. The molecule has 1 rings (SSSR count). The summed E-state index contributed by atoms with van der Waals surface area (Å²) in [5.41, 5.74) is 0. The van der Waals surface area contributed by atoms with Crippen LogP contribution >= 0.6 is 15.9 Å². The zero-order valence-electron chi connectivity index (χ0n) is 8.00. The first-order chi connectivity index (χ1) is 6.50. The number of halogens is 2. The first-order valence-electron chi connectivity index (χ1n) is 4.30. The summed E-state index contributed by atoms with van der Waals surface area (Å²) in [7, 11) is 0. The molecule has 78 valence electrons. The lowest BCUT2D eigenvalue weighted by atomic mass is 10.2. The standard InChI is InChI=1S/C10H12BrFO2/c1-6(13)7(2)14-8-3-4-9(11)10(12)5-8/h3-7,13H,1-2H3. The molecule has 0 saturated heterocycles. The van der Waals surface area contributed by atoms with Gasteiger partial charge in [0.2, 0.25) is 0 Å². The fourth-order valence-electron chi connectivity index (χ4n) is 0.863. The molecule has 2 atom stereocenters. The van der Waals surface area contributed by atoms with Crippen LogP contribution in [-0.4, -0.2) is 17.3 Å². The van der Waals surface area contributed by atoms with Gasteiger partial charge in [0.05, 0.1) is 10.6 Å². The van der Waals surface area contributed by atoms with Gasteiger partial charge in [-0.25, -0.2) is 4.39 Å². The number of aliphatic hydroxyl groups is 1. The van der Waals surface area contributed by atoms with Gasteiger partial charge < -0.3 is 9.84 Å². The van der Waals surface area contributed by atoms with E-state index in [-0.39, 0.29) is 11.9 Å². The third-order valence-corrected chi connectivity index (χ3v) is 2.54. The molecule has 0 heterocycles. The van der Waals surface area contributed by atoms with Crippen LogP contribution in [0, 0.1) is 5.82 Å². The van der Waals surface area contributed by atoms with Crippen molar-refractivity contribution >= 4 is 15.9 Å². The Balaban J connectivity index is 2.73. The Kier molecular flexibility index (Phi) is 3.89. The lowest BCUT2D eigenvalue weighted by Crippen LogP contribution is -2.25. The Bertz CT molecular complexity index is 315. The van der Waals surface area contributed by atoms with Crippen LogP contribution < -0.4 is 4.74 Å². The molecule has 0 aromatic heterocycles. The van der Waals surface area contributed by atoms with Gasteiger partial charge in [-0.05, 0) is 41.9 Å². The van der Waals surface area contributed by atoms with Gasteiger partial charge in [0.1, 0.15) is 17.7 Å². The zero-order chi connectivity index (χ0) is 10.7. The Morgan fingerprint density at radius 1 is 1.43 bits per heavy atom. The SMILES string of the molecule is CC(O)C(C)Oc1ccc(Br)c(F)c1. The van der Waals surface area contributed by atoms with Crippen molar-refractivity contribution in [1.29, 1.82) is 0 Å². The monoisotopic (exact) mass is 262 g/mol.